The van der Waals surface area contributed by atoms with Crippen LogP contribution in [-0.2, 0) is 28.6 Å². The molecule has 0 saturated heterocycles. The second kappa shape index (κ2) is 54.2. The van der Waals surface area contributed by atoms with Crippen LogP contribution in [0.1, 0.15) is 303 Å². The molecule has 0 saturated carbocycles. The standard InChI is InChI=1S/C59H108O6/c1-4-7-10-13-16-18-20-22-24-26-27-28-29-30-31-32-33-34-36-37-39-41-43-46-49-52-58(61)64-55-56(54-63-57(60)51-48-45-15-12-9-6-3)65-59(62)53-50-47-44-42-40-38-35-25-23-21-19-17-14-11-8-5-2/h20,22,25-27,35,56H,4-19,21,23-24,28-34,36-55H2,1-3H3/b22-20-,27-26-,35-25-. The highest BCUT2D eigenvalue weighted by Gasteiger charge is 2.19. The normalized spacial score (nSPS) is 12.2. The first kappa shape index (κ1) is 62.6. The summed E-state index contributed by atoms with van der Waals surface area (Å²) >= 11 is 0. The lowest BCUT2D eigenvalue weighted by Crippen LogP contribution is -2.30. The van der Waals surface area contributed by atoms with Crippen molar-refractivity contribution < 1.29 is 28.6 Å². The molecule has 0 fully saturated rings. The summed E-state index contributed by atoms with van der Waals surface area (Å²) in [5.74, 6) is -0.879. The molecule has 1 atom stereocenters. The molecule has 1 unspecified atom stereocenters. The maximum atomic E-state index is 12.8. The van der Waals surface area contributed by atoms with Crippen LogP contribution in [0.4, 0.5) is 0 Å². The fourth-order valence-corrected chi connectivity index (χ4v) is 8.29. The summed E-state index contributed by atoms with van der Waals surface area (Å²) in [6.07, 6.45) is 64.6. The van der Waals surface area contributed by atoms with Crippen LogP contribution in [0.5, 0.6) is 0 Å². The quantitative estimate of drug-likeness (QED) is 0.0262. The van der Waals surface area contributed by atoms with Crippen molar-refractivity contribution in [2.24, 2.45) is 0 Å². The van der Waals surface area contributed by atoms with Gasteiger partial charge in [0.15, 0.2) is 6.10 Å². The Hall–Kier alpha value is -2.37. The molecular formula is C59H108O6. The summed E-state index contributed by atoms with van der Waals surface area (Å²) in [7, 11) is 0. The number of hydrogen-bond donors (Lipinski definition) is 0. The SMILES string of the molecule is CCCCCCC/C=C\C/C=C\CCCCCCCCCCCCCCCC(=O)OCC(COC(=O)CCCCCCCC)OC(=O)CCCCCCC/C=C\CCCCCCCCC. The zero-order chi connectivity index (χ0) is 47.2. The molecule has 0 aliphatic rings. The van der Waals surface area contributed by atoms with Gasteiger partial charge in [-0.25, -0.2) is 0 Å². The highest BCUT2D eigenvalue weighted by atomic mass is 16.6. The van der Waals surface area contributed by atoms with Crippen molar-refractivity contribution in [2.75, 3.05) is 13.2 Å². The third-order valence-corrected chi connectivity index (χ3v) is 12.6. The monoisotopic (exact) mass is 913 g/mol. The van der Waals surface area contributed by atoms with Crippen LogP contribution in [-0.4, -0.2) is 37.2 Å². The van der Waals surface area contributed by atoms with Gasteiger partial charge in [0.25, 0.3) is 0 Å². The molecule has 65 heavy (non-hydrogen) atoms. The van der Waals surface area contributed by atoms with Gasteiger partial charge in [-0.05, 0) is 77.0 Å². The largest absolute Gasteiger partial charge is 0.462 e. The molecule has 0 heterocycles. The first-order chi connectivity index (χ1) is 32.0. The third-order valence-electron chi connectivity index (χ3n) is 12.6. The predicted molar refractivity (Wildman–Crippen MR) is 279 cm³/mol. The number of carbonyl (C=O) groups excluding carboxylic acids is 3. The molecule has 0 aromatic rings. The number of rotatable bonds is 52. The van der Waals surface area contributed by atoms with Crippen LogP contribution >= 0.6 is 0 Å². The number of ether oxygens (including phenoxy) is 3. The maximum absolute atomic E-state index is 12.8. The molecule has 0 radical (unpaired) electrons. The van der Waals surface area contributed by atoms with Gasteiger partial charge >= 0.3 is 17.9 Å². The van der Waals surface area contributed by atoms with Crippen LogP contribution in [0.25, 0.3) is 0 Å². The molecule has 0 N–H and O–H groups in total. The Kier molecular flexibility index (Phi) is 52.3. The van der Waals surface area contributed by atoms with Gasteiger partial charge in [0.2, 0.25) is 0 Å². The molecule has 0 aliphatic heterocycles. The van der Waals surface area contributed by atoms with Crippen molar-refractivity contribution in [3.63, 3.8) is 0 Å². The van der Waals surface area contributed by atoms with Crippen molar-refractivity contribution in [1.82, 2.24) is 0 Å². The molecule has 0 aromatic heterocycles. The Morgan fingerprint density at radius 3 is 0.862 bits per heavy atom. The topological polar surface area (TPSA) is 78.9 Å². The molecule has 6 heteroatoms. The average Bonchev–Trinajstić information content (AvgIpc) is 3.30. The Bertz CT molecular complexity index is 1090. The smallest absolute Gasteiger partial charge is 0.306 e. The second-order valence-electron chi connectivity index (χ2n) is 19.2. The van der Waals surface area contributed by atoms with E-state index in [4.69, 9.17) is 14.2 Å². The maximum Gasteiger partial charge on any atom is 0.306 e. The highest BCUT2D eigenvalue weighted by molar-refractivity contribution is 5.71. The van der Waals surface area contributed by atoms with Gasteiger partial charge in [0.1, 0.15) is 13.2 Å². The second-order valence-corrected chi connectivity index (χ2v) is 19.2. The van der Waals surface area contributed by atoms with Gasteiger partial charge in [0, 0.05) is 19.3 Å². The molecule has 0 bridgehead atoms. The molecule has 0 amide bonds. The Morgan fingerprint density at radius 1 is 0.308 bits per heavy atom. The number of hydrogen-bond acceptors (Lipinski definition) is 6. The van der Waals surface area contributed by atoms with E-state index in [9.17, 15) is 14.4 Å². The van der Waals surface area contributed by atoms with E-state index in [0.717, 1.165) is 70.6 Å². The molecule has 0 aromatic carbocycles. The van der Waals surface area contributed by atoms with Crippen LogP contribution in [0.3, 0.4) is 0 Å². The highest BCUT2D eigenvalue weighted by Crippen LogP contribution is 2.16. The fraction of sp³-hybridized carbons (Fsp3) is 0.847. The lowest BCUT2D eigenvalue weighted by Gasteiger charge is -2.18. The van der Waals surface area contributed by atoms with Crippen LogP contribution in [0, 0.1) is 0 Å². The van der Waals surface area contributed by atoms with Gasteiger partial charge in [-0.3, -0.25) is 14.4 Å². The van der Waals surface area contributed by atoms with Crippen molar-refractivity contribution in [2.45, 2.75) is 309 Å². The zero-order valence-corrected chi connectivity index (χ0v) is 43.5. The summed E-state index contributed by atoms with van der Waals surface area (Å²) in [6, 6.07) is 0. The first-order valence-corrected chi connectivity index (χ1v) is 28.5. The summed E-state index contributed by atoms with van der Waals surface area (Å²) in [5, 5.41) is 0. The van der Waals surface area contributed by atoms with Crippen LogP contribution < -0.4 is 0 Å². The van der Waals surface area contributed by atoms with Crippen molar-refractivity contribution in [1.29, 1.82) is 0 Å². The lowest BCUT2D eigenvalue weighted by atomic mass is 10.0. The zero-order valence-electron chi connectivity index (χ0n) is 43.5. The van der Waals surface area contributed by atoms with E-state index in [1.54, 1.807) is 0 Å². The van der Waals surface area contributed by atoms with Crippen molar-refractivity contribution in [3.8, 4) is 0 Å². The minimum atomic E-state index is -0.771. The number of allylic oxidation sites excluding steroid dienone is 6. The van der Waals surface area contributed by atoms with E-state index in [-0.39, 0.29) is 31.1 Å². The number of carbonyl (C=O) groups is 3. The fourth-order valence-electron chi connectivity index (χ4n) is 8.29. The molecule has 6 nitrogen and oxygen atoms in total. The van der Waals surface area contributed by atoms with Gasteiger partial charge in [-0.1, -0.05) is 243 Å². The Morgan fingerprint density at radius 2 is 0.554 bits per heavy atom. The molecular weight excluding hydrogens is 805 g/mol. The Balaban J connectivity index is 4.09. The van der Waals surface area contributed by atoms with Gasteiger partial charge < -0.3 is 14.2 Å². The predicted octanol–water partition coefficient (Wildman–Crippen LogP) is 18.9. The lowest BCUT2D eigenvalue weighted by molar-refractivity contribution is -0.167. The number of unbranched alkanes of at least 4 members (excludes halogenated alkanes) is 35. The van der Waals surface area contributed by atoms with E-state index >= 15 is 0 Å². The summed E-state index contributed by atoms with van der Waals surface area (Å²) in [6.45, 7) is 6.59. The Labute approximate surface area is 404 Å². The van der Waals surface area contributed by atoms with E-state index in [0.29, 0.717) is 19.3 Å². The van der Waals surface area contributed by atoms with E-state index < -0.39 is 6.10 Å². The van der Waals surface area contributed by atoms with Gasteiger partial charge in [-0.2, -0.15) is 0 Å². The summed E-state index contributed by atoms with van der Waals surface area (Å²) < 4.78 is 16.7. The van der Waals surface area contributed by atoms with Gasteiger partial charge in [0.05, 0.1) is 0 Å². The van der Waals surface area contributed by atoms with Crippen LogP contribution in [0.2, 0.25) is 0 Å². The van der Waals surface area contributed by atoms with E-state index in [2.05, 4.69) is 57.2 Å². The minimum absolute atomic E-state index is 0.0733. The molecule has 0 rings (SSSR count). The van der Waals surface area contributed by atoms with Crippen molar-refractivity contribution in [3.05, 3.63) is 36.5 Å². The minimum Gasteiger partial charge on any atom is -0.462 e. The van der Waals surface area contributed by atoms with E-state index in [1.807, 2.05) is 0 Å². The van der Waals surface area contributed by atoms with E-state index in [1.165, 1.54) is 193 Å². The van der Waals surface area contributed by atoms with Gasteiger partial charge in [-0.15, -0.1) is 0 Å². The summed E-state index contributed by atoms with van der Waals surface area (Å²) in [5.41, 5.74) is 0. The molecule has 0 spiro atoms. The van der Waals surface area contributed by atoms with Crippen LogP contribution in [0.15, 0.2) is 36.5 Å². The van der Waals surface area contributed by atoms with Crippen molar-refractivity contribution >= 4 is 17.9 Å². The third kappa shape index (κ3) is 52.5. The number of esters is 3. The average molecular weight is 914 g/mol. The molecule has 380 valence electrons. The summed E-state index contributed by atoms with van der Waals surface area (Å²) in [4.78, 5) is 37.8. The first-order valence-electron chi connectivity index (χ1n) is 28.5. The molecule has 0 aliphatic carbocycles.